The third kappa shape index (κ3) is 8.23. The van der Waals surface area contributed by atoms with Crippen molar-refractivity contribution in [2.24, 2.45) is 0 Å². The molecule has 0 fully saturated rings. The lowest BCUT2D eigenvalue weighted by molar-refractivity contribution is -0.298. The fourth-order valence-electron chi connectivity index (χ4n) is 1.13. The highest BCUT2D eigenvalue weighted by Crippen LogP contribution is 2.06. The summed E-state index contributed by atoms with van der Waals surface area (Å²) in [5.41, 5.74) is 0. The van der Waals surface area contributed by atoms with Crippen molar-refractivity contribution < 1.29 is 24.5 Å². The molecule has 0 rings (SSSR count). The van der Waals surface area contributed by atoms with Gasteiger partial charge in [0.1, 0.15) is 6.10 Å². The number of aliphatic carboxylic acids is 1. The molecular formula is C11H20O5. The van der Waals surface area contributed by atoms with Crippen LogP contribution in [0.25, 0.3) is 0 Å². The Morgan fingerprint density at radius 2 is 1.69 bits per heavy atom. The summed E-state index contributed by atoms with van der Waals surface area (Å²) in [6.07, 6.45) is 2.81. The van der Waals surface area contributed by atoms with Crippen molar-refractivity contribution in [3.63, 3.8) is 0 Å². The number of carboxylic acid groups (broad SMARTS) is 1. The van der Waals surface area contributed by atoms with Crippen molar-refractivity contribution >= 4 is 11.9 Å². The van der Waals surface area contributed by atoms with Gasteiger partial charge in [0, 0.05) is 12.8 Å². The van der Waals surface area contributed by atoms with E-state index in [9.17, 15) is 9.59 Å². The maximum absolute atomic E-state index is 11.1. The van der Waals surface area contributed by atoms with Gasteiger partial charge in [0.2, 0.25) is 0 Å². The van der Waals surface area contributed by atoms with E-state index >= 15 is 0 Å². The van der Waals surface area contributed by atoms with Crippen molar-refractivity contribution in [3.05, 3.63) is 0 Å². The molecule has 0 saturated carbocycles. The van der Waals surface area contributed by atoms with Crippen LogP contribution in [0, 0.1) is 0 Å². The Kier molecular flexibility index (Phi) is 8.52. The van der Waals surface area contributed by atoms with Gasteiger partial charge in [-0.15, -0.1) is 0 Å². The molecule has 0 saturated heterocycles. The Labute approximate surface area is 95.7 Å². The molecule has 0 aromatic rings. The molecule has 16 heavy (non-hydrogen) atoms. The molecule has 0 bridgehead atoms. The number of carbonyl (C=O) groups is 2. The molecule has 0 aliphatic heterocycles. The molecule has 0 heterocycles. The molecule has 0 radical (unpaired) electrons. The van der Waals surface area contributed by atoms with E-state index in [4.69, 9.17) is 9.99 Å². The second-order valence-corrected chi connectivity index (χ2v) is 3.59. The van der Waals surface area contributed by atoms with Crippen LogP contribution in [0.1, 0.15) is 52.4 Å². The van der Waals surface area contributed by atoms with E-state index in [2.05, 4.69) is 4.89 Å². The summed E-state index contributed by atoms with van der Waals surface area (Å²) in [5, 5.41) is 8.38. The Bertz CT molecular complexity index is 210. The smallest absolute Gasteiger partial charge is 0.342 e. The van der Waals surface area contributed by atoms with Crippen LogP contribution in [0.4, 0.5) is 0 Å². The third-order valence-electron chi connectivity index (χ3n) is 2.21. The number of hydrogen-bond acceptors (Lipinski definition) is 4. The average molecular weight is 232 g/mol. The Morgan fingerprint density at radius 3 is 2.19 bits per heavy atom. The summed E-state index contributed by atoms with van der Waals surface area (Å²) in [7, 11) is 0. The zero-order chi connectivity index (χ0) is 12.4. The van der Waals surface area contributed by atoms with Crippen LogP contribution in [0.3, 0.4) is 0 Å². The first kappa shape index (κ1) is 14.9. The average Bonchev–Trinajstić information content (AvgIpc) is 2.25. The Balaban J connectivity index is 3.47. The first-order chi connectivity index (χ1) is 7.60. The van der Waals surface area contributed by atoms with Crippen LogP contribution < -0.4 is 0 Å². The molecule has 0 aromatic heterocycles. The molecule has 1 N–H and O–H groups in total. The van der Waals surface area contributed by atoms with E-state index in [1.807, 2.05) is 13.8 Å². The highest BCUT2D eigenvalue weighted by molar-refractivity contribution is 5.69. The fourth-order valence-corrected chi connectivity index (χ4v) is 1.13. The van der Waals surface area contributed by atoms with Gasteiger partial charge in [-0.05, 0) is 25.7 Å². The summed E-state index contributed by atoms with van der Waals surface area (Å²) in [6, 6.07) is 0. The van der Waals surface area contributed by atoms with Crippen LogP contribution in [-0.2, 0) is 19.4 Å². The predicted molar refractivity (Wildman–Crippen MR) is 57.7 cm³/mol. The molecule has 5 nitrogen and oxygen atoms in total. The van der Waals surface area contributed by atoms with Crippen LogP contribution >= 0.6 is 0 Å². The molecule has 5 heteroatoms. The zero-order valence-corrected chi connectivity index (χ0v) is 9.90. The minimum Gasteiger partial charge on any atom is -0.481 e. The van der Waals surface area contributed by atoms with Gasteiger partial charge >= 0.3 is 11.9 Å². The highest BCUT2D eigenvalue weighted by atomic mass is 17.2. The molecule has 0 atom stereocenters. The summed E-state index contributed by atoms with van der Waals surface area (Å²) < 4.78 is 0. The molecule has 0 spiro atoms. The second kappa shape index (κ2) is 9.15. The van der Waals surface area contributed by atoms with Crippen molar-refractivity contribution in [2.75, 3.05) is 0 Å². The minimum atomic E-state index is -0.846. The lowest BCUT2D eigenvalue weighted by atomic mass is 10.2. The highest BCUT2D eigenvalue weighted by Gasteiger charge is 2.09. The molecule has 0 aliphatic carbocycles. The van der Waals surface area contributed by atoms with Gasteiger partial charge in [-0.25, -0.2) is 4.79 Å². The van der Waals surface area contributed by atoms with E-state index in [0.29, 0.717) is 12.8 Å². The minimum absolute atomic E-state index is 0.0528. The van der Waals surface area contributed by atoms with Crippen LogP contribution in [-0.4, -0.2) is 23.1 Å². The number of hydrogen-bond donors (Lipinski definition) is 1. The van der Waals surface area contributed by atoms with Gasteiger partial charge in [-0.1, -0.05) is 13.8 Å². The van der Waals surface area contributed by atoms with Gasteiger partial charge in [0.25, 0.3) is 0 Å². The molecule has 0 aromatic carbocycles. The fraction of sp³-hybridized carbons (Fsp3) is 0.818. The first-order valence-electron chi connectivity index (χ1n) is 5.68. The predicted octanol–water partition coefficient (Wildman–Crippen LogP) is 2.29. The third-order valence-corrected chi connectivity index (χ3v) is 2.21. The quantitative estimate of drug-likeness (QED) is 0.375. The van der Waals surface area contributed by atoms with E-state index < -0.39 is 11.9 Å². The molecule has 0 aliphatic rings. The van der Waals surface area contributed by atoms with Crippen LogP contribution in [0.2, 0.25) is 0 Å². The van der Waals surface area contributed by atoms with Crippen molar-refractivity contribution in [2.45, 2.75) is 58.5 Å². The lowest BCUT2D eigenvalue weighted by Gasteiger charge is -2.11. The second-order valence-electron chi connectivity index (χ2n) is 3.59. The van der Waals surface area contributed by atoms with Gasteiger partial charge < -0.3 is 5.11 Å². The zero-order valence-electron chi connectivity index (χ0n) is 9.90. The molecular weight excluding hydrogens is 212 g/mol. The van der Waals surface area contributed by atoms with Crippen molar-refractivity contribution in [3.8, 4) is 0 Å². The largest absolute Gasteiger partial charge is 0.481 e. The Morgan fingerprint density at radius 1 is 1.12 bits per heavy atom. The summed E-state index contributed by atoms with van der Waals surface area (Å²) in [5.74, 6) is -1.28. The van der Waals surface area contributed by atoms with Gasteiger partial charge in [0.05, 0.1) is 0 Å². The van der Waals surface area contributed by atoms with Crippen LogP contribution in [0.15, 0.2) is 0 Å². The number of carbonyl (C=O) groups excluding carboxylic acids is 1. The first-order valence-corrected chi connectivity index (χ1v) is 5.68. The normalized spacial score (nSPS) is 10.4. The maximum atomic E-state index is 11.1. The monoisotopic (exact) mass is 232 g/mol. The van der Waals surface area contributed by atoms with E-state index in [-0.39, 0.29) is 18.9 Å². The van der Waals surface area contributed by atoms with E-state index in [0.717, 1.165) is 12.8 Å². The summed E-state index contributed by atoms with van der Waals surface area (Å²) in [4.78, 5) is 30.8. The number of carboxylic acids is 1. The maximum Gasteiger partial charge on any atom is 0.342 e. The Hall–Kier alpha value is -1.10. The standard InChI is InChI=1S/C11H20O5/c1-3-9(4-2)15-16-11(14)8-6-5-7-10(12)13/h9H,3-8H2,1-2H3,(H,12,13). The molecule has 0 amide bonds. The van der Waals surface area contributed by atoms with E-state index in [1.165, 1.54) is 0 Å². The van der Waals surface area contributed by atoms with Gasteiger partial charge in [-0.3, -0.25) is 9.68 Å². The summed E-state index contributed by atoms with van der Waals surface area (Å²) in [6.45, 7) is 3.91. The van der Waals surface area contributed by atoms with Gasteiger partial charge in [0.15, 0.2) is 0 Å². The molecule has 0 unspecified atom stereocenters. The van der Waals surface area contributed by atoms with Crippen molar-refractivity contribution in [1.82, 2.24) is 0 Å². The number of rotatable bonds is 9. The SMILES string of the molecule is CCC(CC)OOC(=O)CCCCC(=O)O. The van der Waals surface area contributed by atoms with Crippen molar-refractivity contribution in [1.29, 1.82) is 0 Å². The molecule has 94 valence electrons. The summed E-state index contributed by atoms with van der Waals surface area (Å²) >= 11 is 0. The van der Waals surface area contributed by atoms with Crippen LogP contribution in [0.5, 0.6) is 0 Å². The topological polar surface area (TPSA) is 72.8 Å². The lowest BCUT2D eigenvalue weighted by Crippen LogP contribution is -2.14. The van der Waals surface area contributed by atoms with E-state index in [1.54, 1.807) is 0 Å². The number of unbranched alkanes of at least 4 members (excludes halogenated alkanes) is 1. The van der Waals surface area contributed by atoms with Gasteiger partial charge in [-0.2, -0.15) is 4.89 Å².